The van der Waals surface area contributed by atoms with Gasteiger partial charge in [-0.15, -0.1) is 0 Å². The van der Waals surface area contributed by atoms with Crippen molar-refractivity contribution >= 4 is 21.6 Å². The molecule has 1 amide bonds. The van der Waals surface area contributed by atoms with E-state index >= 15 is 0 Å². The van der Waals surface area contributed by atoms with Crippen molar-refractivity contribution in [2.45, 2.75) is 11.3 Å². The van der Waals surface area contributed by atoms with E-state index in [9.17, 15) is 18.0 Å². The molecule has 1 aliphatic rings. The van der Waals surface area contributed by atoms with Crippen LogP contribution in [0, 0.1) is 0 Å². The van der Waals surface area contributed by atoms with Crippen molar-refractivity contribution in [1.29, 1.82) is 0 Å². The molecule has 8 nitrogen and oxygen atoms in total. The van der Waals surface area contributed by atoms with Crippen molar-refractivity contribution in [1.82, 2.24) is 13.9 Å². The zero-order valence-corrected chi connectivity index (χ0v) is 17.6. The fraction of sp³-hybridized carbons (Fsp3) is 0.0870. The normalized spacial score (nSPS) is 13.2. The predicted octanol–water partition coefficient (Wildman–Crippen LogP) is 2.68. The van der Waals surface area contributed by atoms with Gasteiger partial charge in [0.15, 0.2) is 0 Å². The molecular weight excluding hydrogens is 428 g/mol. The number of rotatable bonds is 4. The van der Waals surface area contributed by atoms with Crippen molar-refractivity contribution < 1.29 is 13.2 Å². The van der Waals surface area contributed by atoms with Crippen LogP contribution in [0.1, 0.15) is 15.9 Å². The lowest BCUT2D eigenvalue weighted by molar-refractivity contribution is 0.0989. The number of fused-ring (bicyclic) bond motifs is 1. The molecule has 2 aromatic heterocycles. The highest BCUT2D eigenvalue weighted by atomic mass is 32.2. The Balaban J connectivity index is 1.49. The average molecular weight is 446 g/mol. The van der Waals surface area contributed by atoms with E-state index in [0.717, 1.165) is 5.56 Å². The number of carbonyl (C=O) groups is 1. The molecule has 32 heavy (non-hydrogen) atoms. The van der Waals surface area contributed by atoms with E-state index in [2.05, 4.69) is 9.97 Å². The molecule has 0 saturated heterocycles. The second kappa shape index (κ2) is 7.61. The van der Waals surface area contributed by atoms with E-state index in [1.807, 2.05) is 6.07 Å². The van der Waals surface area contributed by atoms with Crippen LogP contribution in [0.4, 0.5) is 5.69 Å². The maximum Gasteiger partial charge on any atom is 0.340 e. The number of nitrogens with zero attached hydrogens (tertiary/aromatic N) is 3. The van der Waals surface area contributed by atoms with Crippen LogP contribution < -0.4 is 10.6 Å². The van der Waals surface area contributed by atoms with E-state index in [1.54, 1.807) is 53.6 Å². The maximum atomic E-state index is 13.2. The van der Waals surface area contributed by atoms with Gasteiger partial charge in [0.25, 0.3) is 15.9 Å². The quantitative estimate of drug-likeness (QED) is 0.519. The molecule has 9 heteroatoms. The molecule has 0 bridgehead atoms. The van der Waals surface area contributed by atoms with Gasteiger partial charge >= 0.3 is 5.69 Å². The Morgan fingerprint density at radius 2 is 1.84 bits per heavy atom. The van der Waals surface area contributed by atoms with Gasteiger partial charge in [-0.25, -0.2) is 13.2 Å². The maximum absolute atomic E-state index is 13.2. The standard InChI is InChI=1S/C23H18N4O4S/c28-22(18-7-4-11-24-14-18)26-12-10-17-13-19(8-9-21(17)26)32(30,31)27-15-20(25-23(27)29)16-5-2-1-3-6-16/h1-9,11,13-15H,10,12H2,(H,25,29). The number of pyridine rings is 1. The fourth-order valence-electron chi connectivity index (χ4n) is 3.83. The zero-order valence-electron chi connectivity index (χ0n) is 16.8. The molecule has 3 heterocycles. The summed E-state index contributed by atoms with van der Waals surface area (Å²) in [7, 11) is -4.11. The van der Waals surface area contributed by atoms with Crippen molar-refractivity contribution in [3.05, 3.63) is 101 Å². The number of nitrogens with one attached hydrogen (secondary N) is 1. The summed E-state index contributed by atoms with van der Waals surface area (Å²) in [6, 6.07) is 17.0. The third kappa shape index (κ3) is 3.32. The molecule has 1 aliphatic heterocycles. The Hall–Kier alpha value is -3.98. The van der Waals surface area contributed by atoms with Crippen molar-refractivity contribution in [2.75, 3.05) is 11.4 Å². The smallest absolute Gasteiger partial charge is 0.308 e. The van der Waals surface area contributed by atoms with Crippen LogP contribution in [0.3, 0.4) is 0 Å². The lowest BCUT2D eigenvalue weighted by Gasteiger charge is -2.17. The van der Waals surface area contributed by atoms with Crippen molar-refractivity contribution in [2.24, 2.45) is 0 Å². The Bertz CT molecular complexity index is 1480. The lowest BCUT2D eigenvalue weighted by atomic mass is 10.2. The number of carbonyl (C=O) groups excluding carboxylic acids is 1. The SMILES string of the molecule is O=C(c1cccnc1)N1CCc2cc(S(=O)(=O)n3cc(-c4ccccc4)[nH]c3=O)ccc21. The van der Waals surface area contributed by atoms with E-state index in [0.29, 0.717) is 39.4 Å². The summed E-state index contributed by atoms with van der Waals surface area (Å²) in [5.74, 6) is -0.193. The highest BCUT2D eigenvalue weighted by Crippen LogP contribution is 2.32. The second-order valence-electron chi connectivity index (χ2n) is 7.38. The first-order chi connectivity index (χ1) is 15.4. The third-order valence-corrected chi connectivity index (χ3v) is 7.07. The summed E-state index contributed by atoms with van der Waals surface area (Å²) >= 11 is 0. The van der Waals surface area contributed by atoms with Gasteiger partial charge in [0.2, 0.25) is 0 Å². The first-order valence-electron chi connectivity index (χ1n) is 9.92. The molecule has 4 aromatic rings. The Kier molecular flexibility index (Phi) is 4.75. The lowest BCUT2D eigenvalue weighted by Crippen LogP contribution is -2.29. The molecule has 0 unspecified atom stereocenters. The van der Waals surface area contributed by atoms with Crippen LogP contribution in [0.2, 0.25) is 0 Å². The van der Waals surface area contributed by atoms with Crippen LogP contribution in [0.5, 0.6) is 0 Å². The number of anilines is 1. The molecule has 0 aliphatic carbocycles. The second-order valence-corrected chi connectivity index (χ2v) is 9.19. The van der Waals surface area contributed by atoms with Gasteiger partial charge < -0.3 is 9.88 Å². The van der Waals surface area contributed by atoms with Crippen LogP contribution in [0.25, 0.3) is 11.3 Å². The Morgan fingerprint density at radius 1 is 1.03 bits per heavy atom. The summed E-state index contributed by atoms with van der Waals surface area (Å²) in [5, 5.41) is 0. The summed E-state index contributed by atoms with van der Waals surface area (Å²) in [6.07, 6.45) is 4.90. The molecule has 160 valence electrons. The third-order valence-electron chi connectivity index (χ3n) is 5.43. The molecule has 0 radical (unpaired) electrons. The fourth-order valence-corrected chi connectivity index (χ4v) is 5.10. The molecule has 0 spiro atoms. The monoisotopic (exact) mass is 446 g/mol. The molecule has 0 fully saturated rings. The predicted molar refractivity (Wildman–Crippen MR) is 119 cm³/mol. The number of benzene rings is 2. The van der Waals surface area contributed by atoms with E-state index in [-0.39, 0.29) is 10.8 Å². The first kappa shape index (κ1) is 20.0. The minimum atomic E-state index is -4.11. The topological polar surface area (TPSA) is 105 Å². The van der Waals surface area contributed by atoms with Crippen molar-refractivity contribution in [3.63, 3.8) is 0 Å². The van der Waals surface area contributed by atoms with Gasteiger partial charge in [0.1, 0.15) is 0 Å². The number of H-pyrrole nitrogens is 1. The Labute approximate surface area is 183 Å². The first-order valence-corrected chi connectivity index (χ1v) is 11.4. The van der Waals surface area contributed by atoms with Gasteiger partial charge in [-0.05, 0) is 47.9 Å². The summed E-state index contributed by atoms with van der Waals surface area (Å²) in [6.45, 7) is 0.439. The van der Waals surface area contributed by atoms with Crippen LogP contribution in [-0.4, -0.2) is 34.8 Å². The van der Waals surface area contributed by atoms with Gasteiger partial charge in [0.05, 0.1) is 22.3 Å². The number of aromatic amines is 1. The molecule has 0 atom stereocenters. The van der Waals surface area contributed by atoms with Crippen LogP contribution in [-0.2, 0) is 16.4 Å². The van der Waals surface area contributed by atoms with E-state index in [4.69, 9.17) is 0 Å². The largest absolute Gasteiger partial charge is 0.340 e. The highest BCUT2D eigenvalue weighted by Gasteiger charge is 2.28. The van der Waals surface area contributed by atoms with Gasteiger partial charge in [-0.2, -0.15) is 3.97 Å². The number of hydrogen-bond acceptors (Lipinski definition) is 5. The minimum Gasteiger partial charge on any atom is -0.308 e. The number of aromatic nitrogens is 3. The molecule has 5 rings (SSSR count). The molecule has 1 N–H and O–H groups in total. The minimum absolute atomic E-state index is 0.00682. The zero-order chi connectivity index (χ0) is 22.3. The van der Waals surface area contributed by atoms with Gasteiger partial charge in [-0.3, -0.25) is 9.78 Å². The highest BCUT2D eigenvalue weighted by molar-refractivity contribution is 7.90. The van der Waals surface area contributed by atoms with E-state index < -0.39 is 15.7 Å². The van der Waals surface area contributed by atoms with Crippen molar-refractivity contribution in [3.8, 4) is 11.3 Å². The Morgan fingerprint density at radius 3 is 2.59 bits per heavy atom. The summed E-state index contributed by atoms with van der Waals surface area (Å²) < 4.78 is 27.1. The molecule has 0 saturated carbocycles. The molecule has 2 aromatic carbocycles. The number of amides is 1. The summed E-state index contributed by atoms with van der Waals surface area (Å²) in [4.78, 5) is 33.4. The van der Waals surface area contributed by atoms with Gasteiger partial charge in [0, 0.05) is 24.6 Å². The van der Waals surface area contributed by atoms with Gasteiger partial charge in [-0.1, -0.05) is 30.3 Å². The van der Waals surface area contributed by atoms with Crippen LogP contribution >= 0.6 is 0 Å². The average Bonchev–Trinajstić information content (AvgIpc) is 3.43. The van der Waals surface area contributed by atoms with Crippen LogP contribution in [0.15, 0.2) is 88.9 Å². The number of hydrogen-bond donors (Lipinski definition) is 1. The van der Waals surface area contributed by atoms with E-state index in [1.165, 1.54) is 24.5 Å². The number of imidazole rings is 1. The summed E-state index contributed by atoms with van der Waals surface area (Å²) in [5.41, 5.74) is 2.23. The molecular formula is C23H18N4O4S.